The van der Waals surface area contributed by atoms with E-state index in [1.807, 2.05) is 11.8 Å². The second-order valence-corrected chi connectivity index (χ2v) is 5.52. The number of likely N-dealkylation sites (tertiary alicyclic amines) is 1. The molecule has 108 valence electrons. The van der Waals surface area contributed by atoms with Gasteiger partial charge in [-0.05, 0) is 26.2 Å². The van der Waals surface area contributed by atoms with Crippen molar-refractivity contribution in [3.05, 3.63) is 0 Å². The van der Waals surface area contributed by atoms with Crippen LogP contribution in [0, 0.1) is 5.92 Å². The molecule has 5 nitrogen and oxygen atoms in total. The van der Waals surface area contributed by atoms with Gasteiger partial charge in [-0.3, -0.25) is 9.59 Å². The standard InChI is InChI=1S/C14H24N2O3/c1-3-16(10-12-5-4-8-19-12)14(18)11-6-7-15(2)13(17)9-11/h11-12H,3-10H2,1-2H3/t11-,12+/m0/s1. The number of ether oxygens (including phenoxy) is 1. The molecule has 2 rings (SSSR count). The molecule has 0 aromatic rings. The van der Waals surface area contributed by atoms with Crippen molar-refractivity contribution in [3.8, 4) is 0 Å². The van der Waals surface area contributed by atoms with Crippen molar-refractivity contribution in [3.63, 3.8) is 0 Å². The van der Waals surface area contributed by atoms with E-state index in [1.165, 1.54) is 0 Å². The molecular formula is C14H24N2O3. The van der Waals surface area contributed by atoms with E-state index in [1.54, 1.807) is 11.9 Å². The predicted molar refractivity (Wildman–Crippen MR) is 71.6 cm³/mol. The second kappa shape index (κ2) is 6.37. The summed E-state index contributed by atoms with van der Waals surface area (Å²) in [6.07, 6.45) is 3.45. The van der Waals surface area contributed by atoms with E-state index >= 15 is 0 Å². The quantitative estimate of drug-likeness (QED) is 0.760. The van der Waals surface area contributed by atoms with Crippen LogP contribution in [0.1, 0.15) is 32.6 Å². The summed E-state index contributed by atoms with van der Waals surface area (Å²) in [6, 6.07) is 0. The van der Waals surface area contributed by atoms with Crippen molar-refractivity contribution >= 4 is 11.8 Å². The van der Waals surface area contributed by atoms with Crippen LogP contribution < -0.4 is 0 Å². The number of carbonyl (C=O) groups is 2. The van der Waals surface area contributed by atoms with Crippen molar-refractivity contribution < 1.29 is 14.3 Å². The van der Waals surface area contributed by atoms with Gasteiger partial charge in [0, 0.05) is 45.6 Å². The molecule has 2 aliphatic heterocycles. The maximum Gasteiger partial charge on any atom is 0.226 e. The molecule has 19 heavy (non-hydrogen) atoms. The molecular weight excluding hydrogens is 244 g/mol. The van der Waals surface area contributed by atoms with Crippen LogP contribution in [0.25, 0.3) is 0 Å². The molecule has 5 heteroatoms. The van der Waals surface area contributed by atoms with Crippen LogP contribution in [-0.4, -0.2) is 61.0 Å². The van der Waals surface area contributed by atoms with Gasteiger partial charge in [0.25, 0.3) is 0 Å². The van der Waals surface area contributed by atoms with Crippen molar-refractivity contribution in [1.29, 1.82) is 0 Å². The topological polar surface area (TPSA) is 49.9 Å². The lowest BCUT2D eigenvalue weighted by molar-refractivity contribution is -0.145. The van der Waals surface area contributed by atoms with Gasteiger partial charge in [0.15, 0.2) is 0 Å². The number of rotatable bonds is 4. The Hall–Kier alpha value is -1.10. The average Bonchev–Trinajstić information content (AvgIpc) is 2.91. The fraction of sp³-hybridized carbons (Fsp3) is 0.857. The number of nitrogens with zero attached hydrogens (tertiary/aromatic N) is 2. The Morgan fingerprint density at radius 2 is 2.26 bits per heavy atom. The van der Waals surface area contributed by atoms with Gasteiger partial charge in [-0.2, -0.15) is 0 Å². The molecule has 2 atom stereocenters. The van der Waals surface area contributed by atoms with E-state index in [0.717, 1.165) is 25.9 Å². The highest BCUT2D eigenvalue weighted by Crippen LogP contribution is 2.21. The molecule has 0 unspecified atom stereocenters. The third kappa shape index (κ3) is 3.47. The minimum absolute atomic E-state index is 0.0813. The molecule has 2 saturated heterocycles. The fourth-order valence-corrected chi connectivity index (χ4v) is 2.82. The van der Waals surface area contributed by atoms with E-state index in [9.17, 15) is 9.59 Å². The minimum atomic E-state index is -0.134. The normalized spacial score (nSPS) is 27.7. The van der Waals surface area contributed by atoms with Crippen LogP contribution in [0.3, 0.4) is 0 Å². The average molecular weight is 268 g/mol. The Bertz CT molecular complexity index is 340. The first-order chi connectivity index (χ1) is 9.11. The largest absolute Gasteiger partial charge is 0.376 e. The van der Waals surface area contributed by atoms with Crippen molar-refractivity contribution in [1.82, 2.24) is 9.80 Å². The zero-order valence-corrected chi connectivity index (χ0v) is 11.9. The molecule has 2 amide bonds. The van der Waals surface area contributed by atoms with Crippen LogP contribution in [0.4, 0.5) is 0 Å². The molecule has 0 radical (unpaired) electrons. The van der Waals surface area contributed by atoms with Crippen molar-refractivity contribution in [2.75, 3.05) is 33.3 Å². The van der Waals surface area contributed by atoms with Crippen LogP contribution in [0.5, 0.6) is 0 Å². The summed E-state index contributed by atoms with van der Waals surface area (Å²) in [5.41, 5.74) is 0. The summed E-state index contributed by atoms with van der Waals surface area (Å²) < 4.78 is 5.59. The summed E-state index contributed by atoms with van der Waals surface area (Å²) in [5, 5.41) is 0. The molecule has 0 spiro atoms. The number of hydrogen-bond donors (Lipinski definition) is 0. The summed E-state index contributed by atoms with van der Waals surface area (Å²) >= 11 is 0. The zero-order valence-electron chi connectivity index (χ0n) is 11.9. The Labute approximate surface area is 114 Å². The number of hydrogen-bond acceptors (Lipinski definition) is 3. The van der Waals surface area contributed by atoms with Gasteiger partial charge in [0.05, 0.1) is 6.10 Å². The molecule has 0 bridgehead atoms. The van der Waals surface area contributed by atoms with Gasteiger partial charge in [-0.1, -0.05) is 0 Å². The maximum atomic E-state index is 12.5. The fourth-order valence-electron chi connectivity index (χ4n) is 2.82. The minimum Gasteiger partial charge on any atom is -0.376 e. The zero-order chi connectivity index (χ0) is 13.8. The lowest BCUT2D eigenvalue weighted by atomic mass is 9.95. The molecule has 2 heterocycles. The van der Waals surface area contributed by atoms with Crippen LogP contribution in [0.2, 0.25) is 0 Å². The Kier molecular flexibility index (Phi) is 4.80. The van der Waals surface area contributed by atoms with Gasteiger partial charge in [0.2, 0.25) is 11.8 Å². The van der Waals surface area contributed by atoms with Crippen LogP contribution in [-0.2, 0) is 14.3 Å². The monoisotopic (exact) mass is 268 g/mol. The van der Waals surface area contributed by atoms with E-state index in [-0.39, 0.29) is 23.8 Å². The van der Waals surface area contributed by atoms with Gasteiger partial charge >= 0.3 is 0 Å². The van der Waals surface area contributed by atoms with Crippen LogP contribution >= 0.6 is 0 Å². The number of carbonyl (C=O) groups excluding carboxylic acids is 2. The van der Waals surface area contributed by atoms with E-state index in [0.29, 0.717) is 26.1 Å². The van der Waals surface area contributed by atoms with E-state index in [2.05, 4.69) is 0 Å². The van der Waals surface area contributed by atoms with Gasteiger partial charge in [-0.25, -0.2) is 0 Å². The van der Waals surface area contributed by atoms with E-state index in [4.69, 9.17) is 4.74 Å². The number of amides is 2. The van der Waals surface area contributed by atoms with Gasteiger partial charge in [0.1, 0.15) is 0 Å². The lowest BCUT2D eigenvalue weighted by Crippen LogP contribution is -2.45. The molecule has 2 fully saturated rings. The molecule has 0 saturated carbocycles. The molecule has 0 aromatic heterocycles. The lowest BCUT2D eigenvalue weighted by Gasteiger charge is -2.32. The van der Waals surface area contributed by atoms with E-state index < -0.39 is 0 Å². The summed E-state index contributed by atoms with van der Waals surface area (Å²) in [5.74, 6) is 0.0715. The number of likely N-dealkylation sites (N-methyl/N-ethyl adjacent to an activating group) is 1. The number of piperidine rings is 1. The highest BCUT2D eigenvalue weighted by molar-refractivity contribution is 5.86. The first-order valence-corrected chi connectivity index (χ1v) is 7.26. The molecule has 2 aliphatic rings. The third-order valence-electron chi connectivity index (χ3n) is 4.15. The smallest absolute Gasteiger partial charge is 0.226 e. The first kappa shape index (κ1) is 14.3. The van der Waals surface area contributed by atoms with Crippen molar-refractivity contribution in [2.45, 2.75) is 38.7 Å². The van der Waals surface area contributed by atoms with Gasteiger partial charge in [-0.15, -0.1) is 0 Å². The maximum absolute atomic E-state index is 12.5. The summed E-state index contributed by atoms with van der Waals surface area (Å²) in [7, 11) is 1.80. The van der Waals surface area contributed by atoms with Crippen LogP contribution in [0.15, 0.2) is 0 Å². The molecule has 0 N–H and O–H groups in total. The summed E-state index contributed by atoms with van der Waals surface area (Å²) in [6.45, 7) is 4.86. The predicted octanol–water partition coefficient (Wildman–Crippen LogP) is 0.882. The molecule has 0 aromatic carbocycles. The Morgan fingerprint density at radius 1 is 1.47 bits per heavy atom. The SMILES string of the molecule is CCN(C[C@H]1CCCO1)C(=O)[C@H]1CCN(C)C(=O)C1. The third-order valence-corrected chi connectivity index (χ3v) is 4.15. The highest BCUT2D eigenvalue weighted by atomic mass is 16.5. The van der Waals surface area contributed by atoms with Gasteiger partial charge < -0.3 is 14.5 Å². The molecule has 0 aliphatic carbocycles. The first-order valence-electron chi connectivity index (χ1n) is 7.26. The Morgan fingerprint density at radius 3 is 2.84 bits per heavy atom. The highest BCUT2D eigenvalue weighted by Gasteiger charge is 2.32. The Balaban J connectivity index is 1.90. The summed E-state index contributed by atoms with van der Waals surface area (Å²) in [4.78, 5) is 27.7. The second-order valence-electron chi connectivity index (χ2n) is 5.52. The van der Waals surface area contributed by atoms with Crippen molar-refractivity contribution in [2.24, 2.45) is 5.92 Å².